The molecule has 1 aromatic heterocycles. The molecule has 3 rings (SSSR count). The minimum atomic E-state index is -1.26. The molecule has 4 N–H and O–H groups in total. The van der Waals surface area contributed by atoms with Gasteiger partial charge in [0.15, 0.2) is 0 Å². The second kappa shape index (κ2) is 13.8. The Labute approximate surface area is 230 Å². The predicted molar refractivity (Wildman–Crippen MR) is 152 cm³/mol. The topological polar surface area (TPSA) is 150 Å². The monoisotopic (exact) mass is 554 g/mol. The summed E-state index contributed by atoms with van der Waals surface area (Å²) in [7, 11) is 0. The van der Waals surface area contributed by atoms with E-state index in [1.807, 2.05) is 19.2 Å². The van der Waals surface area contributed by atoms with E-state index in [0.29, 0.717) is 23.3 Å². The maximum atomic E-state index is 13.8. The van der Waals surface area contributed by atoms with Crippen LogP contribution in [0.25, 0.3) is 10.9 Å². The zero-order chi connectivity index (χ0) is 28.5. The number of thioether (sulfide) groups is 1. The number of carboxylic acid groups (broad SMARTS) is 1. The molecular weight excluding hydrogens is 520 g/mol. The van der Waals surface area contributed by atoms with Crippen molar-refractivity contribution in [2.75, 3.05) is 12.0 Å². The van der Waals surface area contributed by atoms with Gasteiger partial charge in [0, 0.05) is 6.42 Å². The molecule has 0 fully saturated rings. The third kappa shape index (κ3) is 7.38. The van der Waals surface area contributed by atoms with E-state index in [1.54, 1.807) is 55.5 Å². The zero-order valence-corrected chi connectivity index (χ0v) is 23.0. The van der Waals surface area contributed by atoms with Gasteiger partial charge in [0.2, 0.25) is 11.8 Å². The van der Waals surface area contributed by atoms with Crippen LogP contribution in [0.3, 0.4) is 0 Å². The van der Waals surface area contributed by atoms with E-state index in [2.05, 4.69) is 15.6 Å². The van der Waals surface area contributed by atoms with Crippen molar-refractivity contribution in [2.24, 2.45) is 5.92 Å². The van der Waals surface area contributed by atoms with Crippen LogP contribution < -0.4 is 21.9 Å². The number of carbonyl (C=O) groups is 3. The predicted octanol–water partition coefficient (Wildman–Crippen LogP) is 2.33. The number of carbonyl (C=O) groups excluding carboxylic acids is 2. The van der Waals surface area contributed by atoms with Crippen LogP contribution in [0.4, 0.5) is 0 Å². The normalized spacial score (nSPS) is 14.2. The van der Waals surface area contributed by atoms with Crippen molar-refractivity contribution in [1.82, 2.24) is 20.2 Å². The number of nitrogens with zero attached hydrogens (tertiary/aromatic N) is 1. The maximum absolute atomic E-state index is 13.8. The average molecular weight is 555 g/mol. The molecule has 10 nitrogen and oxygen atoms in total. The van der Waals surface area contributed by atoms with Gasteiger partial charge in [-0.3, -0.25) is 14.4 Å². The van der Waals surface area contributed by atoms with Crippen LogP contribution in [-0.4, -0.2) is 56.5 Å². The van der Waals surface area contributed by atoms with Crippen molar-refractivity contribution in [3.05, 3.63) is 81.0 Å². The molecule has 1 heterocycles. The number of hydrogen-bond acceptors (Lipinski definition) is 6. The van der Waals surface area contributed by atoms with Gasteiger partial charge < -0.3 is 20.7 Å². The molecule has 0 aliphatic heterocycles. The van der Waals surface area contributed by atoms with Crippen molar-refractivity contribution in [1.29, 1.82) is 0 Å². The number of hydrogen-bond donors (Lipinski definition) is 4. The number of para-hydroxylation sites is 1. The molecule has 0 saturated heterocycles. The van der Waals surface area contributed by atoms with Crippen molar-refractivity contribution in [3.63, 3.8) is 0 Å². The molecule has 39 heavy (non-hydrogen) atoms. The molecule has 11 heteroatoms. The van der Waals surface area contributed by atoms with E-state index in [4.69, 9.17) is 0 Å². The molecule has 0 radical (unpaired) electrons. The molecule has 208 valence electrons. The Kier molecular flexibility index (Phi) is 10.5. The van der Waals surface area contributed by atoms with Crippen LogP contribution in [0.1, 0.15) is 38.3 Å². The largest absolute Gasteiger partial charge is 0.480 e. The maximum Gasteiger partial charge on any atom is 0.329 e. The molecule has 2 aromatic carbocycles. The number of H-pyrrole nitrogens is 1. The average Bonchev–Trinajstić information content (AvgIpc) is 2.93. The van der Waals surface area contributed by atoms with Crippen LogP contribution in [0.15, 0.2) is 64.2 Å². The van der Waals surface area contributed by atoms with Crippen molar-refractivity contribution in [2.45, 2.75) is 51.2 Å². The van der Waals surface area contributed by atoms with Crippen molar-refractivity contribution >= 4 is 40.4 Å². The number of carboxylic acids is 1. The second-order valence-corrected chi connectivity index (χ2v) is 10.4. The summed E-state index contributed by atoms with van der Waals surface area (Å²) in [6.45, 7) is 3.61. The third-order valence-electron chi connectivity index (χ3n) is 6.74. The Balaban J connectivity index is 2.00. The number of aromatic nitrogens is 2. The summed E-state index contributed by atoms with van der Waals surface area (Å²) in [6, 6.07) is 12.0. The summed E-state index contributed by atoms with van der Waals surface area (Å²) in [5, 5.41) is 15.1. The van der Waals surface area contributed by atoms with E-state index in [0.717, 1.165) is 4.57 Å². The molecule has 3 aromatic rings. The number of aliphatic carboxylic acids is 1. The lowest BCUT2D eigenvalue weighted by molar-refractivity contribution is -0.142. The van der Waals surface area contributed by atoms with Gasteiger partial charge in [-0.15, -0.1) is 0 Å². The van der Waals surface area contributed by atoms with E-state index < -0.39 is 47.2 Å². The number of benzene rings is 2. The van der Waals surface area contributed by atoms with E-state index in [9.17, 15) is 29.1 Å². The highest BCUT2D eigenvalue weighted by Gasteiger charge is 2.33. The first-order valence-electron chi connectivity index (χ1n) is 12.8. The standard InChI is InChI=1S/C28H34N4O6S/c1-4-17(2)23(25(34)29-21(27(36)37)14-15-39-3)31-24(33)22(16-18-10-6-5-7-11-18)32-26(35)19-12-8-9-13-20(19)30-28(32)38/h5-13,17,21-23H,4,14-16H2,1-3H3,(H,29,34)(H,30,38)(H,31,33)(H,36,37)/t17?,21-,22-,23-/m0/s1. The first kappa shape index (κ1) is 29.7. The molecule has 0 spiro atoms. The van der Waals surface area contributed by atoms with Crippen LogP contribution in [-0.2, 0) is 20.8 Å². The quantitative estimate of drug-likeness (QED) is 0.253. The minimum absolute atomic E-state index is 0.0221. The smallest absolute Gasteiger partial charge is 0.329 e. The number of rotatable bonds is 13. The van der Waals surface area contributed by atoms with Crippen LogP contribution >= 0.6 is 11.8 Å². The van der Waals surface area contributed by atoms with Gasteiger partial charge in [0.1, 0.15) is 18.1 Å². The molecule has 2 amide bonds. The first-order chi connectivity index (χ1) is 18.7. The molecular formula is C28H34N4O6S. The molecule has 0 aliphatic carbocycles. The Hall–Kier alpha value is -3.86. The van der Waals surface area contributed by atoms with E-state index >= 15 is 0 Å². The SMILES string of the molecule is CCC(C)[C@H](NC(=O)[C@H](Cc1ccccc1)n1c(=O)[nH]c2ccccc2c1=O)C(=O)N[C@@H](CCSC)C(=O)O. The Morgan fingerprint density at radius 1 is 1.00 bits per heavy atom. The summed E-state index contributed by atoms with van der Waals surface area (Å²) >= 11 is 1.46. The summed E-state index contributed by atoms with van der Waals surface area (Å²) in [4.78, 5) is 68.0. The van der Waals surface area contributed by atoms with Gasteiger partial charge >= 0.3 is 11.7 Å². The molecule has 1 unspecified atom stereocenters. The van der Waals surface area contributed by atoms with Gasteiger partial charge in [0.05, 0.1) is 10.9 Å². The minimum Gasteiger partial charge on any atom is -0.480 e. The highest BCUT2D eigenvalue weighted by Crippen LogP contribution is 2.16. The fourth-order valence-electron chi connectivity index (χ4n) is 4.30. The number of fused-ring (bicyclic) bond motifs is 1. The summed E-state index contributed by atoms with van der Waals surface area (Å²) < 4.78 is 0.884. The van der Waals surface area contributed by atoms with Gasteiger partial charge in [-0.2, -0.15) is 11.8 Å². The number of amides is 2. The Morgan fingerprint density at radius 2 is 1.67 bits per heavy atom. The fourth-order valence-corrected chi connectivity index (χ4v) is 4.78. The lowest BCUT2D eigenvalue weighted by Gasteiger charge is -2.28. The zero-order valence-electron chi connectivity index (χ0n) is 22.2. The molecule has 0 saturated carbocycles. The molecule has 0 aliphatic rings. The van der Waals surface area contributed by atoms with Gasteiger partial charge in [0.25, 0.3) is 5.56 Å². The highest BCUT2D eigenvalue weighted by atomic mass is 32.2. The molecule has 4 atom stereocenters. The van der Waals surface area contributed by atoms with E-state index in [-0.39, 0.29) is 24.1 Å². The Bertz CT molecular complexity index is 1420. The summed E-state index contributed by atoms with van der Waals surface area (Å²) in [5.74, 6) is -2.32. The summed E-state index contributed by atoms with van der Waals surface area (Å²) in [5.41, 5.74) is -0.311. The first-order valence-corrected chi connectivity index (χ1v) is 14.2. The lowest BCUT2D eigenvalue weighted by atomic mass is 9.96. The van der Waals surface area contributed by atoms with Crippen LogP contribution in [0, 0.1) is 5.92 Å². The number of aromatic amines is 1. The van der Waals surface area contributed by atoms with Crippen LogP contribution in [0.5, 0.6) is 0 Å². The second-order valence-electron chi connectivity index (χ2n) is 9.41. The lowest BCUT2D eigenvalue weighted by Crippen LogP contribution is -2.56. The fraction of sp³-hybridized carbons (Fsp3) is 0.393. The highest BCUT2D eigenvalue weighted by molar-refractivity contribution is 7.98. The van der Waals surface area contributed by atoms with E-state index in [1.165, 1.54) is 11.8 Å². The van der Waals surface area contributed by atoms with Crippen molar-refractivity contribution in [3.8, 4) is 0 Å². The molecule has 0 bridgehead atoms. The van der Waals surface area contributed by atoms with Gasteiger partial charge in [-0.05, 0) is 42.0 Å². The number of nitrogens with one attached hydrogen (secondary N) is 3. The summed E-state index contributed by atoms with van der Waals surface area (Å²) in [6.07, 6.45) is 2.60. The Morgan fingerprint density at radius 3 is 2.31 bits per heavy atom. The van der Waals surface area contributed by atoms with Gasteiger partial charge in [-0.25, -0.2) is 14.2 Å². The van der Waals surface area contributed by atoms with Crippen molar-refractivity contribution < 1.29 is 19.5 Å². The van der Waals surface area contributed by atoms with Gasteiger partial charge in [-0.1, -0.05) is 62.7 Å². The third-order valence-corrected chi connectivity index (χ3v) is 7.39. The van der Waals surface area contributed by atoms with Crippen LogP contribution in [0.2, 0.25) is 0 Å².